The number of benzene rings is 1. The number of hydrogen-bond acceptors (Lipinski definition) is 3. The van der Waals surface area contributed by atoms with Gasteiger partial charge in [0, 0.05) is 6.20 Å². The minimum Gasteiger partial charge on any atom is -0.486 e. The molecule has 0 radical (unpaired) electrons. The maximum absolute atomic E-state index is 5.61. The summed E-state index contributed by atoms with van der Waals surface area (Å²) >= 11 is 0. The van der Waals surface area contributed by atoms with Gasteiger partial charge in [0.1, 0.15) is 12.4 Å². The van der Waals surface area contributed by atoms with Crippen LogP contribution in [0, 0.1) is 6.92 Å². The molecule has 0 fully saturated rings. The van der Waals surface area contributed by atoms with E-state index >= 15 is 0 Å². The van der Waals surface area contributed by atoms with Crippen molar-refractivity contribution in [1.82, 2.24) is 14.6 Å². The monoisotopic (exact) mass is 239 g/mol. The van der Waals surface area contributed by atoms with Crippen molar-refractivity contribution in [3.8, 4) is 5.75 Å². The molecule has 2 aromatic heterocycles. The maximum atomic E-state index is 5.61. The molecule has 0 amide bonds. The largest absolute Gasteiger partial charge is 0.486 e. The molecule has 3 rings (SSSR count). The first kappa shape index (κ1) is 10.8. The van der Waals surface area contributed by atoms with Crippen LogP contribution in [-0.4, -0.2) is 14.6 Å². The van der Waals surface area contributed by atoms with Crippen LogP contribution < -0.4 is 4.74 Å². The smallest absolute Gasteiger partial charge is 0.189 e. The van der Waals surface area contributed by atoms with E-state index in [-0.39, 0.29) is 0 Å². The molecule has 4 nitrogen and oxygen atoms in total. The first-order valence-electron chi connectivity index (χ1n) is 5.81. The number of para-hydroxylation sites is 1. The van der Waals surface area contributed by atoms with E-state index in [0.717, 1.165) is 11.4 Å². The Balaban J connectivity index is 1.79. The topological polar surface area (TPSA) is 39.4 Å². The average Bonchev–Trinajstić information content (AvgIpc) is 2.79. The van der Waals surface area contributed by atoms with E-state index in [9.17, 15) is 0 Å². The van der Waals surface area contributed by atoms with Crippen LogP contribution in [-0.2, 0) is 6.61 Å². The minimum atomic E-state index is 0.380. The van der Waals surface area contributed by atoms with E-state index in [1.54, 1.807) is 4.52 Å². The summed E-state index contributed by atoms with van der Waals surface area (Å²) in [5.74, 6) is 1.51. The van der Waals surface area contributed by atoms with Crippen molar-refractivity contribution < 1.29 is 4.74 Å². The first-order chi connectivity index (χ1) is 8.81. The summed E-state index contributed by atoms with van der Waals surface area (Å²) in [6.07, 6.45) is 1.91. The molecule has 0 aliphatic carbocycles. The summed E-state index contributed by atoms with van der Waals surface area (Å²) in [6.45, 7) is 2.42. The van der Waals surface area contributed by atoms with Gasteiger partial charge in [0.2, 0.25) is 0 Å². The molecule has 0 saturated heterocycles. The number of fused-ring (bicyclic) bond motifs is 1. The Morgan fingerprint density at radius 3 is 2.83 bits per heavy atom. The maximum Gasteiger partial charge on any atom is 0.189 e. The van der Waals surface area contributed by atoms with E-state index in [1.807, 2.05) is 55.6 Å². The van der Waals surface area contributed by atoms with Crippen molar-refractivity contribution in [1.29, 1.82) is 0 Å². The molecule has 0 aliphatic rings. The molecule has 90 valence electrons. The van der Waals surface area contributed by atoms with Gasteiger partial charge in [-0.15, -0.1) is 5.10 Å². The number of pyridine rings is 1. The Morgan fingerprint density at radius 1 is 1.17 bits per heavy atom. The van der Waals surface area contributed by atoms with Gasteiger partial charge in [-0.2, -0.15) is 0 Å². The van der Waals surface area contributed by atoms with Gasteiger partial charge in [0.05, 0.1) is 0 Å². The summed E-state index contributed by atoms with van der Waals surface area (Å²) in [6, 6.07) is 13.7. The van der Waals surface area contributed by atoms with E-state index < -0.39 is 0 Å². The van der Waals surface area contributed by atoms with Crippen LogP contribution >= 0.6 is 0 Å². The molecule has 4 heteroatoms. The van der Waals surface area contributed by atoms with E-state index in [2.05, 4.69) is 10.1 Å². The second kappa shape index (κ2) is 4.49. The number of aryl methyl sites for hydroxylation is 1. The van der Waals surface area contributed by atoms with Crippen molar-refractivity contribution in [2.45, 2.75) is 13.5 Å². The van der Waals surface area contributed by atoms with Gasteiger partial charge in [-0.05, 0) is 36.8 Å². The fraction of sp³-hybridized carbons (Fsp3) is 0.143. The number of hydrogen-bond donors (Lipinski definition) is 0. The van der Waals surface area contributed by atoms with Crippen LogP contribution in [0.4, 0.5) is 0 Å². The lowest BCUT2D eigenvalue weighted by atomic mass is 10.3. The van der Waals surface area contributed by atoms with E-state index in [1.165, 1.54) is 5.56 Å². The lowest BCUT2D eigenvalue weighted by molar-refractivity contribution is 0.296. The van der Waals surface area contributed by atoms with Crippen molar-refractivity contribution in [2.24, 2.45) is 0 Å². The normalized spacial score (nSPS) is 10.7. The number of ether oxygens (including phenoxy) is 1. The van der Waals surface area contributed by atoms with Gasteiger partial charge in [-0.3, -0.25) is 0 Å². The molecular formula is C14H13N3O. The molecular weight excluding hydrogens is 226 g/mol. The zero-order chi connectivity index (χ0) is 12.4. The predicted octanol–water partition coefficient (Wildman–Crippen LogP) is 2.62. The molecule has 2 heterocycles. The second-order valence-electron chi connectivity index (χ2n) is 4.14. The third-order valence-corrected chi connectivity index (χ3v) is 2.65. The molecule has 0 N–H and O–H groups in total. The van der Waals surface area contributed by atoms with Gasteiger partial charge in [-0.1, -0.05) is 18.2 Å². The van der Waals surface area contributed by atoms with Crippen LogP contribution in [0.15, 0.2) is 48.7 Å². The fourth-order valence-electron chi connectivity index (χ4n) is 1.76. The van der Waals surface area contributed by atoms with Gasteiger partial charge in [-0.25, -0.2) is 9.50 Å². The minimum absolute atomic E-state index is 0.380. The average molecular weight is 239 g/mol. The quantitative estimate of drug-likeness (QED) is 0.705. The van der Waals surface area contributed by atoms with Gasteiger partial charge >= 0.3 is 0 Å². The number of aromatic nitrogens is 3. The third kappa shape index (κ3) is 2.18. The molecule has 3 aromatic rings. The lowest BCUT2D eigenvalue weighted by Crippen LogP contribution is -1.97. The van der Waals surface area contributed by atoms with Crippen LogP contribution in [0.1, 0.15) is 11.4 Å². The van der Waals surface area contributed by atoms with Crippen molar-refractivity contribution in [2.75, 3.05) is 0 Å². The summed E-state index contributed by atoms with van der Waals surface area (Å²) in [5, 5.41) is 4.35. The summed E-state index contributed by atoms with van der Waals surface area (Å²) < 4.78 is 7.37. The Morgan fingerprint density at radius 2 is 2.00 bits per heavy atom. The highest BCUT2D eigenvalue weighted by Crippen LogP contribution is 2.11. The summed E-state index contributed by atoms with van der Waals surface area (Å²) in [5.41, 5.74) is 2.02. The van der Waals surface area contributed by atoms with Crippen LogP contribution in [0.25, 0.3) is 5.65 Å². The Hall–Kier alpha value is -2.36. The third-order valence-electron chi connectivity index (χ3n) is 2.65. The summed E-state index contributed by atoms with van der Waals surface area (Å²) in [7, 11) is 0. The summed E-state index contributed by atoms with van der Waals surface area (Å²) in [4.78, 5) is 4.42. The highest BCUT2D eigenvalue weighted by molar-refractivity contribution is 5.39. The lowest BCUT2D eigenvalue weighted by Gasteiger charge is -2.01. The van der Waals surface area contributed by atoms with Crippen molar-refractivity contribution in [3.05, 3.63) is 60.0 Å². The SMILES string of the molecule is Cc1ccn2nc(COc3ccccc3)nc2c1. The number of rotatable bonds is 3. The Kier molecular flexibility index (Phi) is 2.68. The van der Waals surface area contributed by atoms with Crippen LogP contribution in [0.2, 0.25) is 0 Å². The van der Waals surface area contributed by atoms with Crippen molar-refractivity contribution in [3.63, 3.8) is 0 Å². The molecule has 18 heavy (non-hydrogen) atoms. The molecule has 0 aliphatic heterocycles. The van der Waals surface area contributed by atoms with Crippen LogP contribution in [0.5, 0.6) is 5.75 Å². The van der Waals surface area contributed by atoms with Gasteiger partial charge < -0.3 is 4.74 Å². The number of nitrogens with zero attached hydrogens (tertiary/aromatic N) is 3. The highest BCUT2D eigenvalue weighted by Gasteiger charge is 2.04. The molecule has 0 saturated carbocycles. The Bertz CT molecular complexity index is 661. The molecule has 0 unspecified atom stereocenters. The molecule has 1 aromatic carbocycles. The zero-order valence-electron chi connectivity index (χ0n) is 10.1. The zero-order valence-corrected chi connectivity index (χ0v) is 10.1. The fourth-order valence-corrected chi connectivity index (χ4v) is 1.76. The first-order valence-corrected chi connectivity index (χ1v) is 5.81. The van der Waals surface area contributed by atoms with Crippen molar-refractivity contribution >= 4 is 5.65 Å². The molecule has 0 atom stereocenters. The predicted molar refractivity (Wildman–Crippen MR) is 68.5 cm³/mol. The van der Waals surface area contributed by atoms with Gasteiger partial charge in [0.15, 0.2) is 11.5 Å². The van der Waals surface area contributed by atoms with E-state index in [4.69, 9.17) is 4.74 Å². The highest BCUT2D eigenvalue weighted by atomic mass is 16.5. The molecule has 0 bridgehead atoms. The van der Waals surface area contributed by atoms with Gasteiger partial charge in [0.25, 0.3) is 0 Å². The molecule has 0 spiro atoms. The Labute approximate surface area is 105 Å². The van der Waals surface area contributed by atoms with E-state index in [0.29, 0.717) is 12.4 Å². The van der Waals surface area contributed by atoms with Crippen LogP contribution in [0.3, 0.4) is 0 Å². The second-order valence-corrected chi connectivity index (χ2v) is 4.14. The standard InChI is InChI=1S/C14H13N3O/c1-11-7-8-17-14(9-11)15-13(16-17)10-18-12-5-3-2-4-6-12/h2-9H,10H2,1H3.